The maximum absolute atomic E-state index is 3.66. The average molecular weight is 277 g/mol. The summed E-state index contributed by atoms with van der Waals surface area (Å²) in [6.45, 7) is 10.3. The van der Waals surface area contributed by atoms with Gasteiger partial charge in [0.2, 0.25) is 0 Å². The van der Waals surface area contributed by atoms with Gasteiger partial charge in [0.15, 0.2) is 0 Å². The topological polar surface area (TPSA) is 12.0 Å². The molecule has 1 aliphatic heterocycles. The molecule has 1 nitrogen and oxygen atoms in total. The fourth-order valence-corrected chi connectivity index (χ4v) is 4.23. The molecule has 0 amide bonds. The van der Waals surface area contributed by atoms with Crippen molar-refractivity contribution in [2.75, 3.05) is 12.3 Å². The molecule has 2 rings (SSSR count). The summed E-state index contributed by atoms with van der Waals surface area (Å²) < 4.78 is 0. The lowest BCUT2D eigenvalue weighted by Gasteiger charge is -2.32. The zero-order chi connectivity index (χ0) is 13.9. The standard InChI is InChI=1S/C17H27NS/c1-5-18-16(17(2,3)4)11-10-13-12-19-15-9-7-6-8-14(13)15/h6-9,13,16,18H,5,10-12H2,1-4H3. The fourth-order valence-electron chi connectivity index (χ4n) is 2.92. The maximum Gasteiger partial charge on any atom is 0.0116 e. The quantitative estimate of drug-likeness (QED) is 0.838. The van der Waals surface area contributed by atoms with Crippen LogP contribution in [0.1, 0.15) is 52.0 Å². The third kappa shape index (κ3) is 3.76. The molecule has 0 aromatic heterocycles. The van der Waals surface area contributed by atoms with E-state index < -0.39 is 0 Å². The Morgan fingerprint density at radius 2 is 2.05 bits per heavy atom. The molecule has 1 N–H and O–H groups in total. The Balaban J connectivity index is 1.96. The molecular weight excluding hydrogens is 250 g/mol. The van der Waals surface area contributed by atoms with E-state index in [0.717, 1.165) is 12.5 Å². The maximum atomic E-state index is 3.66. The lowest BCUT2D eigenvalue weighted by atomic mass is 9.82. The Kier molecular flexibility index (Phi) is 4.97. The molecule has 0 fully saturated rings. The summed E-state index contributed by atoms with van der Waals surface area (Å²) in [4.78, 5) is 1.50. The van der Waals surface area contributed by atoms with Crippen LogP contribution in [-0.4, -0.2) is 18.3 Å². The molecule has 0 radical (unpaired) electrons. The Bertz CT molecular complexity index is 408. The van der Waals surface area contributed by atoms with Crippen LogP contribution in [0.5, 0.6) is 0 Å². The van der Waals surface area contributed by atoms with E-state index >= 15 is 0 Å². The van der Waals surface area contributed by atoms with Crippen LogP contribution < -0.4 is 5.32 Å². The van der Waals surface area contributed by atoms with Gasteiger partial charge in [0.25, 0.3) is 0 Å². The summed E-state index contributed by atoms with van der Waals surface area (Å²) in [6, 6.07) is 9.55. The summed E-state index contributed by atoms with van der Waals surface area (Å²) in [7, 11) is 0. The van der Waals surface area contributed by atoms with E-state index in [1.807, 2.05) is 11.8 Å². The van der Waals surface area contributed by atoms with Gasteiger partial charge in [-0.15, -0.1) is 11.8 Å². The smallest absolute Gasteiger partial charge is 0.0116 e. The van der Waals surface area contributed by atoms with Crippen molar-refractivity contribution in [2.45, 2.75) is 57.4 Å². The van der Waals surface area contributed by atoms with Gasteiger partial charge in [-0.05, 0) is 42.3 Å². The van der Waals surface area contributed by atoms with Gasteiger partial charge in [0.1, 0.15) is 0 Å². The Morgan fingerprint density at radius 3 is 2.74 bits per heavy atom. The van der Waals surface area contributed by atoms with Gasteiger partial charge >= 0.3 is 0 Å². The summed E-state index contributed by atoms with van der Waals surface area (Å²) in [6.07, 6.45) is 2.58. The number of hydrogen-bond donors (Lipinski definition) is 1. The summed E-state index contributed by atoms with van der Waals surface area (Å²) >= 11 is 2.03. The second-order valence-corrected chi connectivity index (χ2v) is 7.66. The van der Waals surface area contributed by atoms with Crippen molar-refractivity contribution in [3.05, 3.63) is 29.8 Å². The molecule has 106 valence electrons. The van der Waals surface area contributed by atoms with Crippen LogP contribution in [0.15, 0.2) is 29.2 Å². The van der Waals surface area contributed by atoms with Crippen molar-refractivity contribution in [1.82, 2.24) is 5.32 Å². The van der Waals surface area contributed by atoms with E-state index in [0.29, 0.717) is 11.5 Å². The van der Waals surface area contributed by atoms with Crippen LogP contribution in [0.25, 0.3) is 0 Å². The summed E-state index contributed by atoms with van der Waals surface area (Å²) in [5, 5.41) is 3.66. The number of rotatable bonds is 5. The predicted molar refractivity (Wildman–Crippen MR) is 86.1 cm³/mol. The number of nitrogens with one attached hydrogen (secondary N) is 1. The highest BCUT2D eigenvalue weighted by atomic mass is 32.2. The van der Waals surface area contributed by atoms with Crippen molar-refractivity contribution in [2.24, 2.45) is 5.41 Å². The second kappa shape index (κ2) is 6.32. The first-order chi connectivity index (χ1) is 9.02. The number of benzene rings is 1. The highest BCUT2D eigenvalue weighted by Gasteiger charge is 2.27. The molecular formula is C17H27NS. The molecule has 0 bridgehead atoms. The summed E-state index contributed by atoms with van der Waals surface area (Å²) in [5.74, 6) is 2.02. The van der Waals surface area contributed by atoms with Gasteiger partial charge in [-0.3, -0.25) is 0 Å². The zero-order valence-corrected chi connectivity index (χ0v) is 13.5. The van der Waals surface area contributed by atoms with Crippen LogP contribution in [0, 0.1) is 5.41 Å². The van der Waals surface area contributed by atoms with Gasteiger partial charge in [-0.2, -0.15) is 0 Å². The molecule has 2 unspecified atom stereocenters. The van der Waals surface area contributed by atoms with E-state index in [-0.39, 0.29) is 0 Å². The molecule has 19 heavy (non-hydrogen) atoms. The highest BCUT2D eigenvalue weighted by molar-refractivity contribution is 7.99. The van der Waals surface area contributed by atoms with E-state index in [2.05, 4.69) is 57.3 Å². The van der Waals surface area contributed by atoms with Crippen molar-refractivity contribution >= 4 is 11.8 Å². The number of hydrogen-bond acceptors (Lipinski definition) is 2. The van der Waals surface area contributed by atoms with Crippen LogP contribution in [0.4, 0.5) is 0 Å². The SMILES string of the molecule is CCNC(CCC1CSc2ccccc21)C(C)(C)C. The molecule has 1 aromatic carbocycles. The molecule has 1 aliphatic rings. The minimum Gasteiger partial charge on any atom is -0.314 e. The monoisotopic (exact) mass is 277 g/mol. The van der Waals surface area contributed by atoms with Crippen molar-refractivity contribution in [3.8, 4) is 0 Å². The van der Waals surface area contributed by atoms with Crippen LogP contribution in [-0.2, 0) is 0 Å². The van der Waals surface area contributed by atoms with E-state index in [9.17, 15) is 0 Å². The molecule has 1 aromatic rings. The first-order valence-electron chi connectivity index (χ1n) is 7.47. The van der Waals surface area contributed by atoms with Gasteiger partial charge in [-0.25, -0.2) is 0 Å². The molecule has 0 saturated carbocycles. The van der Waals surface area contributed by atoms with Crippen molar-refractivity contribution < 1.29 is 0 Å². The minimum absolute atomic E-state index is 0.348. The Morgan fingerprint density at radius 1 is 1.32 bits per heavy atom. The lowest BCUT2D eigenvalue weighted by molar-refractivity contribution is 0.251. The van der Waals surface area contributed by atoms with Crippen molar-refractivity contribution in [3.63, 3.8) is 0 Å². The summed E-state index contributed by atoms with van der Waals surface area (Å²) in [5.41, 5.74) is 1.93. The average Bonchev–Trinajstić information content (AvgIpc) is 2.76. The minimum atomic E-state index is 0.348. The first kappa shape index (κ1) is 14.9. The number of fused-ring (bicyclic) bond motifs is 1. The van der Waals surface area contributed by atoms with Crippen molar-refractivity contribution in [1.29, 1.82) is 0 Å². The molecule has 0 spiro atoms. The predicted octanol–water partition coefficient (Wildman–Crippen LogP) is 4.68. The molecule has 2 heteroatoms. The van der Waals surface area contributed by atoms with Crippen LogP contribution >= 0.6 is 11.8 Å². The third-order valence-electron chi connectivity index (χ3n) is 4.10. The molecule has 0 saturated heterocycles. The lowest BCUT2D eigenvalue weighted by Crippen LogP contribution is -2.40. The van der Waals surface area contributed by atoms with E-state index in [1.54, 1.807) is 5.56 Å². The van der Waals surface area contributed by atoms with Gasteiger partial charge in [-0.1, -0.05) is 45.9 Å². The first-order valence-corrected chi connectivity index (χ1v) is 8.46. The molecule has 1 heterocycles. The Hall–Kier alpha value is -0.470. The largest absolute Gasteiger partial charge is 0.314 e. The van der Waals surface area contributed by atoms with E-state index in [1.165, 1.54) is 23.5 Å². The fraction of sp³-hybridized carbons (Fsp3) is 0.647. The van der Waals surface area contributed by atoms with Gasteiger partial charge in [0, 0.05) is 16.7 Å². The normalized spacial score (nSPS) is 20.3. The van der Waals surface area contributed by atoms with Crippen LogP contribution in [0.2, 0.25) is 0 Å². The van der Waals surface area contributed by atoms with E-state index in [4.69, 9.17) is 0 Å². The number of thioether (sulfide) groups is 1. The van der Waals surface area contributed by atoms with Gasteiger partial charge in [0.05, 0.1) is 0 Å². The second-order valence-electron chi connectivity index (χ2n) is 6.60. The molecule has 2 atom stereocenters. The zero-order valence-electron chi connectivity index (χ0n) is 12.7. The van der Waals surface area contributed by atoms with Crippen LogP contribution in [0.3, 0.4) is 0 Å². The molecule has 0 aliphatic carbocycles. The van der Waals surface area contributed by atoms with Gasteiger partial charge < -0.3 is 5.32 Å². The third-order valence-corrected chi connectivity index (χ3v) is 5.35. The highest BCUT2D eigenvalue weighted by Crippen LogP contribution is 2.42. The Labute approximate surface area is 122 Å².